The van der Waals surface area contributed by atoms with Crippen molar-refractivity contribution in [1.29, 1.82) is 0 Å². The molecule has 0 fully saturated rings. The van der Waals surface area contributed by atoms with E-state index in [1.807, 2.05) is 18.2 Å². The van der Waals surface area contributed by atoms with Crippen molar-refractivity contribution in [3.8, 4) is 11.6 Å². The number of nitrogens with zero attached hydrogens (tertiary/aromatic N) is 2. The Hall–Kier alpha value is -2.19. The van der Waals surface area contributed by atoms with Gasteiger partial charge in [0, 0.05) is 21.8 Å². The zero-order chi connectivity index (χ0) is 20.0. The van der Waals surface area contributed by atoms with Crippen molar-refractivity contribution in [3.63, 3.8) is 0 Å². The lowest BCUT2D eigenvalue weighted by molar-refractivity contribution is 0.432. The van der Waals surface area contributed by atoms with E-state index >= 15 is 0 Å². The Morgan fingerprint density at radius 3 is 2.82 bits per heavy atom. The summed E-state index contributed by atoms with van der Waals surface area (Å²) >= 11 is 21.0. The Morgan fingerprint density at radius 1 is 1.25 bits per heavy atom. The number of allylic oxidation sites excluding steroid dienone is 1. The molecular weight excluding hydrogens is 485 g/mol. The van der Waals surface area contributed by atoms with Crippen LogP contribution in [0, 0.1) is 4.77 Å². The Morgan fingerprint density at radius 2 is 2.04 bits per heavy atom. The standard InChI is InChI=1S/C19H10BrCl2N3O2S/c20-10-4-5-14-11(7-10)9(8-23-14)6-12-17(26)24-19(28)25(18(12)27)15-3-1-2-13(21)16(15)22/h1-8,27H,(H,24,26,28)/b9-6+. The van der Waals surface area contributed by atoms with Crippen LogP contribution in [0.2, 0.25) is 10.0 Å². The van der Waals surface area contributed by atoms with E-state index in [1.54, 1.807) is 30.5 Å². The first-order valence-corrected chi connectivity index (χ1v) is 9.91. The number of benzene rings is 2. The van der Waals surface area contributed by atoms with Gasteiger partial charge in [0.1, 0.15) is 5.56 Å². The fraction of sp³-hybridized carbons (Fsp3) is 0. The normalized spacial score (nSPS) is 13.9. The Balaban J connectivity index is 1.95. The first kappa shape index (κ1) is 19.1. The third-order valence-electron chi connectivity index (χ3n) is 4.21. The second kappa shape index (κ2) is 7.33. The number of rotatable bonds is 2. The molecule has 1 aliphatic heterocycles. The molecule has 28 heavy (non-hydrogen) atoms. The smallest absolute Gasteiger partial charge is 0.262 e. The monoisotopic (exact) mass is 493 g/mol. The van der Waals surface area contributed by atoms with Crippen LogP contribution in [-0.4, -0.2) is 20.9 Å². The van der Waals surface area contributed by atoms with Gasteiger partial charge in [-0.25, -0.2) is 0 Å². The van der Waals surface area contributed by atoms with Crippen molar-refractivity contribution < 1.29 is 5.11 Å². The molecule has 0 atom stereocenters. The summed E-state index contributed by atoms with van der Waals surface area (Å²) in [4.78, 5) is 19.4. The van der Waals surface area contributed by atoms with Crippen molar-refractivity contribution >= 4 is 74.9 Å². The van der Waals surface area contributed by atoms with E-state index in [9.17, 15) is 9.90 Å². The Bertz CT molecular complexity index is 1310. The molecule has 3 aromatic rings. The van der Waals surface area contributed by atoms with E-state index in [0.29, 0.717) is 16.3 Å². The minimum absolute atomic E-state index is 0.00273. The van der Waals surface area contributed by atoms with Crippen LogP contribution in [0.4, 0.5) is 5.69 Å². The van der Waals surface area contributed by atoms with Gasteiger partial charge >= 0.3 is 0 Å². The summed E-state index contributed by atoms with van der Waals surface area (Å²) in [6.07, 6.45) is 3.19. The quantitative estimate of drug-likeness (QED) is 0.434. The number of aromatic hydroxyl groups is 1. The number of aromatic nitrogens is 2. The highest BCUT2D eigenvalue weighted by molar-refractivity contribution is 9.10. The molecule has 4 rings (SSSR count). The van der Waals surface area contributed by atoms with Crippen LogP contribution in [0.5, 0.6) is 5.88 Å². The predicted molar refractivity (Wildman–Crippen MR) is 119 cm³/mol. The van der Waals surface area contributed by atoms with E-state index in [-0.39, 0.29) is 21.2 Å². The highest BCUT2D eigenvalue weighted by Gasteiger charge is 2.18. The number of aliphatic imine (C=N–C) groups is 1. The van der Waals surface area contributed by atoms with Gasteiger partial charge in [0.15, 0.2) is 4.77 Å². The van der Waals surface area contributed by atoms with Gasteiger partial charge in [-0.2, -0.15) is 0 Å². The summed E-state index contributed by atoms with van der Waals surface area (Å²) in [6, 6.07) is 10.6. The average molecular weight is 495 g/mol. The molecule has 0 aliphatic carbocycles. The van der Waals surface area contributed by atoms with Crippen LogP contribution in [-0.2, 0) is 0 Å². The molecule has 0 spiro atoms. The van der Waals surface area contributed by atoms with Gasteiger partial charge in [0.25, 0.3) is 5.56 Å². The van der Waals surface area contributed by atoms with E-state index in [1.165, 1.54) is 4.57 Å². The molecule has 140 valence electrons. The minimum atomic E-state index is -0.527. The van der Waals surface area contributed by atoms with E-state index in [0.717, 1.165) is 15.7 Å². The number of nitrogens with one attached hydrogen (secondary N) is 1. The van der Waals surface area contributed by atoms with Gasteiger partial charge in [0.2, 0.25) is 5.88 Å². The van der Waals surface area contributed by atoms with E-state index in [4.69, 9.17) is 35.4 Å². The topological polar surface area (TPSA) is 70.4 Å². The molecule has 1 aromatic heterocycles. The Kier molecular flexibility index (Phi) is 5.01. The van der Waals surface area contributed by atoms with Crippen LogP contribution in [0.1, 0.15) is 11.1 Å². The number of H-pyrrole nitrogens is 1. The summed E-state index contributed by atoms with van der Waals surface area (Å²) in [5.74, 6) is -0.345. The van der Waals surface area contributed by atoms with Crippen LogP contribution in [0.15, 0.2) is 50.7 Å². The van der Waals surface area contributed by atoms with Gasteiger partial charge in [-0.3, -0.25) is 19.3 Å². The van der Waals surface area contributed by atoms with Crippen LogP contribution < -0.4 is 5.56 Å². The first-order chi connectivity index (χ1) is 13.4. The van der Waals surface area contributed by atoms with Crippen molar-refractivity contribution in [3.05, 3.63) is 77.2 Å². The maximum Gasteiger partial charge on any atom is 0.262 e. The van der Waals surface area contributed by atoms with E-state index < -0.39 is 5.56 Å². The molecule has 0 saturated heterocycles. The SMILES string of the molecule is O=c1[nH]c(=S)n(-c2cccc(Cl)c2Cl)c(O)c1/C=C1\C=Nc2ccc(Br)cc21. The molecule has 5 nitrogen and oxygen atoms in total. The van der Waals surface area contributed by atoms with Crippen LogP contribution in [0.3, 0.4) is 0 Å². The van der Waals surface area contributed by atoms with Gasteiger partial charge in [-0.15, -0.1) is 0 Å². The molecule has 0 saturated carbocycles. The largest absolute Gasteiger partial charge is 0.494 e. The lowest BCUT2D eigenvalue weighted by atomic mass is 10.1. The van der Waals surface area contributed by atoms with Crippen molar-refractivity contribution in [1.82, 2.24) is 9.55 Å². The van der Waals surface area contributed by atoms with E-state index in [2.05, 4.69) is 25.9 Å². The van der Waals surface area contributed by atoms with Crippen molar-refractivity contribution in [2.24, 2.45) is 4.99 Å². The van der Waals surface area contributed by atoms with Gasteiger partial charge in [0.05, 0.1) is 21.4 Å². The van der Waals surface area contributed by atoms with Gasteiger partial charge in [-0.05, 0) is 48.6 Å². The zero-order valence-corrected chi connectivity index (χ0v) is 17.8. The second-order valence-corrected chi connectivity index (χ2v) is 8.01. The number of hydrogen-bond donors (Lipinski definition) is 2. The van der Waals surface area contributed by atoms with Gasteiger partial charge in [-0.1, -0.05) is 45.2 Å². The Labute approximate surface area is 182 Å². The maximum atomic E-state index is 12.5. The molecule has 9 heteroatoms. The summed E-state index contributed by atoms with van der Waals surface area (Å²) in [5, 5.41) is 11.4. The second-order valence-electron chi connectivity index (χ2n) is 5.92. The number of fused-ring (bicyclic) bond motifs is 1. The molecule has 0 amide bonds. The highest BCUT2D eigenvalue weighted by Crippen LogP contribution is 2.36. The average Bonchev–Trinajstić information content (AvgIpc) is 3.04. The summed E-state index contributed by atoms with van der Waals surface area (Å²) < 4.78 is 2.14. The fourth-order valence-corrected chi connectivity index (χ4v) is 3.91. The zero-order valence-electron chi connectivity index (χ0n) is 13.9. The predicted octanol–water partition coefficient (Wildman–Crippen LogP) is 5.93. The molecule has 2 heterocycles. The summed E-state index contributed by atoms with van der Waals surface area (Å²) in [7, 11) is 0. The lowest BCUT2D eigenvalue weighted by Gasteiger charge is -2.13. The third kappa shape index (κ3) is 3.24. The summed E-state index contributed by atoms with van der Waals surface area (Å²) in [6.45, 7) is 0. The molecule has 2 N–H and O–H groups in total. The first-order valence-electron chi connectivity index (χ1n) is 7.95. The summed E-state index contributed by atoms with van der Waals surface area (Å²) in [5.41, 5.74) is 2.15. The fourth-order valence-electron chi connectivity index (χ4n) is 2.89. The molecule has 2 aromatic carbocycles. The minimum Gasteiger partial charge on any atom is -0.494 e. The van der Waals surface area contributed by atoms with Crippen molar-refractivity contribution in [2.75, 3.05) is 0 Å². The molecular formula is C19H10BrCl2N3O2S. The lowest BCUT2D eigenvalue weighted by Crippen LogP contribution is -2.16. The number of hydrogen-bond acceptors (Lipinski definition) is 4. The number of aromatic amines is 1. The number of halogens is 3. The molecule has 0 unspecified atom stereocenters. The third-order valence-corrected chi connectivity index (χ3v) is 5.79. The maximum absolute atomic E-state index is 12.5. The van der Waals surface area contributed by atoms with Crippen molar-refractivity contribution in [2.45, 2.75) is 0 Å². The molecule has 0 bridgehead atoms. The highest BCUT2D eigenvalue weighted by atomic mass is 79.9. The van der Waals surface area contributed by atoms with Crippen LogP contribution in [0.25, 0.3) is 17.3 Å². The molecule has 0 radical (unpaired) electrons. The molecule has 1 aliphatic rings. The van der Waals surface area contributed by atoms with Gasteiger partial charge < -0.3 is 5.11 Å². The van der Waals surface area contributed by atoms with Crippen LogP contribution >= 0.6 is 51.3 Å².